The zero-order valence-corrected chi connectivity index (χ0v) is 9.05. The molecule has 0 aliphatic carbocycles. The minimum absolute atomic E-state index is 0.0153. The van der Waals surface area contributed by atoms with Crippen molar-refractivity contribution in [3.63, 3.8) is 0 Å². The molecule has 2 rings (SSSR count). The van der Waals surface area contributed by atoms with Gasteiger partial charge in [-0.2, -0.15) is 0 Å². The Kier molecular flexibility index (Phi) is 2.83. The molecule has 2 aromatic rings. The Bertz CT molecular complexity index is 516. The van der Waals surface area contributed by atoms with Crippen LogP contribution in [0.3, 0.4) is 0 Å². The van der Waals surface area contributed by atoms with Crippen LogP contribution in [0.1, 0.15) is 10.4 Å². The second-order valence-corrected chi connectivity index (χ2v) is 3.53. The molecule has 1 aromatic carbocycles. The summed E-state index contributed by atoms with van der Waals surface area (Å²) >= 11 is 0. The van der Waals surface area contributed by atoms with Gasteiger partial charge in [0.2, 0.25) is 0 Å². The van der Waals surface area contributed by atoms with Gasteiger partial charge in [0.1, 0.15) is 5.82 Å². The van der Waals surface area contributed by atoms with Crippen molar-refractivity contribution >= 4 is 5.78 Å². The molecular weight excluding hydrogens is 202 g/mol. The van der Waals surface area contributed by atoms with Gasteiger partial charge < -0.3 is 10.3 Å². The van der Waals surface area contributed by atoms with Gasteiger partial charge in [0.05, 0.1) is 6.54 Å². The Morgan fingerprint density at radius 3 is 2.81 bits per heavy atom. The van der Waals surface area contributed by atoms with E-state index in [2.05, 4.69) is 4.98 Å². The van der Waals surface area contributed by atoms with E-state index in [9.17, 15) is 4.79 Å². The maximum Gasteiger partial charge on any atom is 0.177 e. The monoisotopic (exact) mass is 215 g/mol. The average molecular weight is 215 g/mol. The first-order chi connectivity index (χ1) is 7.74. The molecule has 0 aliphatic heterocycles. The van der Waals surface area contributed by atoms with Gasteiger partial charge >= 0.3 is 0 Å². The third kappa shape index (κ3) is 1.75. The maximum atomic E-state index is 11.7. The maximum absolute atomic E-state index is 11.7. The van der Waals surface area contributed by atoms with Gasteiger partial charge in [-0.05, 0) is 0 Å². The van der Waals surface area contributed by atoms with Gasteiger partial charge in [-0.1, -0.05) is 24.3 Å². The van der Waals surface area contributed by atoms with Crippen molar-refractivity contribution in [1.29, 1.82) is 0 Å². The van der Waals surface area contributed by atoms with Gasteiger partial charge in [0.25, 0.3) is 0 Å². The molecular formula is C12H13N3O. The van der Waals surface area contributed by atoms with Crippen molar-refractivity contribution in [3.8, 4) is 11.4 Å². The van der Waals surface area contributed by atoms with E-state index in [1.807, 2.05) is 36.0 Å². The molecule has 0 spiro atoms. The van der Waals surface area contributed by atoms with E-state index in [0.29, 0.717) is 5.56 Å². The summed E-state index contributed by atoms with van der Waals surface area (Å²) in [6, 6.07) is 7.37. The lowest BCUT2D eigenvalue weighted by atomic mass is 10.0. The molecule has 16 heavy (non-hydrogen) atoms. The van der Waals surface area contributed by atoms with Gasteiger partial charge in [-0.25, -0.2) is 4.98 Å². The molecule has 0 atom stereocenters. The molecule has 82 valence electrons. The molecule has 0 radical (unpaired) electrons. The molecule has 4 heteroatoms. The van der Waals surface area contributed by atoms with Crippen molar-refractivity contribution in [2.45, 2.75) is 0 Å². The summed E-state index contributed by atoms with van der Waals surface area (Å²) in [5.74, 6) is 0.705. The standard InChI is InChI=1S/C12H13N3O/c1-15-7-6-14-12(15)10-5-3-2-4-9(10)11(16)8-13/h2-7H,8,13H2,1H3. The lowest BCUT2D eigenvalue weighted by Crippen LogP contribution is -2.15. The summed E-state index contributed by atoms with van der Waals surface area (Å²) in [6.07, 6.45) is 3.55. The van der Waals surface area contributed by atoms with Gasteiger partial charge in [0.15, 0.2) is 5.78 Å². The molecule has 1 aromatic heterocycles. The first-order valence-corrected chi connectivity index (χ1v) is 5.04. The molecule has 0 aliphatic rings. The van der Waals surface area contributed by atoms with Crippen molar-refractivity contribution < 1.29 is 4.79 Å². The quantitative estimate of drug-likeness (QED) is 0.783. The minimum atomic E-state index is -0.0707. The van der Waals surface area contributed by atoms with Crippen LogP contribution in [0.4, 0.5) is 0 Å². The number of imidazole rings is 1. The highest BCUT2D eigenvalue weighted by Gasteiger charge is 2.13. The van der Waals surface area contributed by atoms with Crippen LogP contribution in [0.25, 0.3) is 11.4 Å². The summed E-state index contributed by atoms with van der Waals surface area (Å²) in [5, 5.41) is 0. The molecule has 0 fully saturated rings. The second-order valence-electron chi connectivity index (χ2n) is 3.53. The highest BCUT2D eigenvalue weighted by atomic mass is 16.1. The predicted molar refractivity (Wildman–Crippen MR) is 62.0 cm³/mol. The Morgan fingerprint density at radius 1 is 1.44 bits per heavy atom. The van der Waals surface area contributed by atoms with Crippen LogP contribution in [0, 0.1) is 0 Å². The number of hydrogen-bond acceptors (Lipinski definition) is 3. The number of ketones is 1. The van der Waals surface area contributed by atoms with Crippen LogP contribution >= 0.6 is 0 Å². The SMILES string of the molecule is Cn1ccnc1-c1ccccc1C(=O)CN. The first-order valence-electron chi connectivity index (χ1n) is 5.04. The number of aryl methyl sites for hydroxylation is 1. The van der Waals surface area contributed by atoms with Crippen LogP contribution in [-0.2, 0) is 7.05 Å². The molecule has 0 amide bonds. The average Bonchev–Trinajstić information content (AvgIpc) is 2.74. The third-order valence-electron chi connectivity index (χ3n) is 2.47. The van der Waals surface area contributed by atoms with E-state index < -0.39 is 0 Å². The van der Waals surface area contributed by atoms with E-state index in [1.54, 1.807) is 12.3 Å². The lowest BCUT2D eigenvalue weighted by Gasteiger charge is -2.07. The summed E-state index contributed by atoms with van der Waals surface area (Å²) < 4.78 is 1.88. The number of rotatable bonds is 3. The topological polar surface area (TPSA) is 60.9 Å². The predicted octanol–water partition coefficient (Wildman–Crippen LogP) is 1.23. The lowest BCUT2D eigenvalue weighted by molar-refractivity contribution is 0.100. The van der Waals surface area contributed by atoms with Crippen LogP contribution in [0.2, 0.25) is 0 Å². The zero-order valence-electron chi connectivity index (χ0n) is 9.05. The molecule has 1 heterocycles. The number of Topliss-reactive ketones (excluding diaryl/α,β-unsaturated/α-hetero) is 1. The Hall–Kier alpha value is -1.94. The van der Waals surface area contributed by atoms with Crippen molar-refractivity contribution in [3.05, 3.63) is 42.2 Å². The largest absolute Gasteiger partial charge is 0.334 e. The van der Waals surface area contributed by atoms with Crippen LogP contribution in [-0.4, -0.2) is 21.9 Å². The zero-order chi connectivity index (χ0) is 11.5. The van der Waals surface area contributed by atoms with Crippen molar-refractivity contribution in [1.82, 2.24) is 9.55 Å². The number of nitrogens with two attached hydrogens (primary N) is 1. The van der Waals surface area contributed by atoms with E-state index in [-0.39, 0.29) is 12.3 Å². The third-order valence-corrected chi connectivity index (χ3v) is 2.47. The van der Waals surface area contributed by atoms with E-state index in [0.717, 1.165) is 11.4 Å². The number of carbonyl (C=O) groups excluding carboxylic acids is 1. The van der Waals surface area contributed by atoms with Crippen LogP contribution in [0.15, 0.2) is 36.7 Å². The minimum Gasteiger partial charge on any atom is -0.334 e. The van der Waals surface area contributed by atoms with Crippen LogP contribution in [0.5, 0.6) is 0 Å². The van der Waals surface area contributed by atoms with Crippen molar-refractivity contribution in [2.75, 3.05) is 6.54 Å². The fourth-order valence-electron chi connectivity index (χ4n) is 1.66. The van der Waals surface area contributed by atoms with E-state index in [1.165, 1.54) is 0 Å². The summed E-state index contributed by atoms with van der Waals surface area (Å²) in [7, 11) is 1.89. The number of nitrogens with zero attached hydrogens (tertiary/aromatic N) is 2. The number of hydrogen-bond donors (Lipinski definition) is 1. The summed E-state index contributed by atoms with van der Waals surface area (Å²) in [5.41, 5.74) is 6.84. The summed E-state index contributed by atoms with van der Waals surface area (Å²) in [4.78, 5) is 15.9. The van der Waals surface area contributed by atoms with Crippen molar-refractivity contribution in [2.24, 2.45) is 12.8 Å². The van der Waals surface area contributed by atoms with E-state index in [4.69, 9.17) is 5.73 Å². The number of benzene rings is 1. The smallest absolute Gasteiger partial charge is 0.177 e. The Labute approximate surface area is 93.7 Å². The highest BCUT2D eigenvalue weighted by molar-refractivity contribution is 6.02. The summed E-state index contributed by atoms with van der Waals surface area (Å²) in [6.45, 7) is 0.0153. The Balaban J connectivity index is 2.57. The molecule has 0 saturated carbocycles. The molecule has 0 bridgehead atoms. The number of aromatic nitrogens is 2. The fourth-order valence-corrected chi connectivity index (χ4v) is 1.66. The molecule has 0 unspecified atom stereocenters. The number of carbonyl (C=O) groups is 1. The molecule has 2 N–H and O–H groups in total. The van der Waals surface area contributed by atoms with E-state index >= 15 is 0 Å². The van der Waals surface area contributed by atoms with Gasteiger partial charge in [-0.15, -0.1) is 0 Å². The van der Waals surface area contributed by atoms with Gasteiger partial charge in [-0.3, -0.25) is 4.79 Å². The Morgan fingerprint density at radius 2 is 2.19 bits per heavy atom. The van der Waals surface area contributed by atoms with Gasteiger partial charge in [0, 0.05) is 30.6 Å². The molecule has 4 nitrogen and oxygen atoms in total. The first kappa shape index (κ1) is 10.6. The highest BCUT2D eigenvalue weighted by Crippen LogP contribution is 2.21. The molecule has 0 saturated heterocycles. The van der Waals surface area contributed by atoms with Crippen LogP contribution < -0.4 is 5.73 Å². The normalized spacial score (nSPS) is 10.4. The second kappa shape index (κ2) is 4.28. The fraction of sp³-hybridized carbons (Fsp3) is 0.167.